The van der Waals surface area contributed by atoms with Crippen LogP contribution in [0.5, 0.6) is 0 Å². The largest absolute Gasteiger partial charge is 0.378 e. The van der Waals surface area contributed by atoms with E-state index in [0.717, 1.165) is 44.1 Å². The van der Waals surface area contributed by atoms with Gasteiger partial charge < -0.3 is 10.4 Å². The topological polar surface area (TPSA) is 98.9 Å². The van der Waals surface area contributed by atoms with E-state index in [4.69, 9.17) is 0 Å². The van der Waals surface area contributed by atoms with Gasteiger partial charge in [0.05, 0.1) is 11.2 Å². The van der Waals surface area contributed by atoms with Crippen LogP contribution in [-0.2, 0) is 10.3 Å². The Kier molecular flexibility index (Phi) is 6.35. The van der Waals surface area contributed by atoms with Gasteiger partial charge in [0.2, 0.25) is 0 Å². The van der Waals surface area contributed by atoms with Gasteiger partial charge in [-0.1, -0.05) is 24.8 Å². The van der Waals surface area contributed by atoms with E-state index in [1.54, 1.807) is 30.6 Å². The first kappa shape index (κ1) is 21.7. The van der Waals surface area contributed by atoms with E-state index in [0.29, 0.717) is 24.2 Å². The highest BCUT2D eigenvalue weighted by Crippen LogP contribution is 2.38. The van der Waals surface area contributed by atoms with Crippen molar-refractivity contribution >= 4 is 12.0 Å². The molecule has 0 aromatic carbocycles. The zero-order valence-electron chi connectivity index (χ0n) is 18.0. The van der Waals surface area contributed by atoms with E-state index in [1.807, 2.05) is 18.2 Å². The van der Waals surface area contributed by atoms with E-state index in [9.17, 15) is 15.2 Å². The molecule has 32 heavy (non-hydrogen) atoms. The molecule has 2 N–H and O–H groups in total. The van der Waals surface area contributed by atoms with Crippen molar-refractivity contribution < 1.29 is 9.90 Å². The summed E-state index contributed by atoms with van der Waals surface area (Å²) in [6.45, 7) is 0. The highest BCUT2D eigenvalue weighted by atomic mass is 16.3. The molecule has 4 rings (SSSR count). The average Bonchev–Trinajstić information content (AvgIpc) is 3.47. The van der Waals surface area contributed by atoms with Crippen molar-refractivity contribution in [3.05, 3.63) is 65.2 Å². The minimum absolute atomic E-state index is 0.00244. The Morgan fingerprint density at radius 2 is 1.75 bits per heavy atom. The molecule has 2 aliphatic rings. The van der Waals surface area contributed by atoms with Crippen LogP contribution in [0.4, 0.5) is 0 Å². The molecule has 0 aliphatic heterocycles. The summed E-state index contributed by atoms with van der Waals surface area (Å²) < 4.78 is 0. The van der Waals surface area contributed by atoms with E-state index in [2.05, 4.69) is 27.1 Å². The first-order valence-electron chi connectivity index (χ1n) is 11.1. The summed E-state index contributed by atoms with van der Waals surface area (Å²) in [7, 11) is 0. The molecular formula is C26H26N4O2. The van der Waals surface area contributed by atoms with Gasteiger partial charge in [-0.25, -0.2) is 4.98 Å². The van der Waals surface area contributed by atoms with E-state index in [1.165, 1.54) is 6.08 Å². The van der Waals surface area contributed by atoms with E-state index < -0.39 is 17.0 Å². The first-order valence-corrected chi connectivity index (χ1v) is 11.1. The third-order valence-electron chi connectivity index (χ3n) is 6.32. The molecular weight excluding hydrogens is 400 g/mol. The van der Waals surface area contributed by atoms with Crippen LogP contribution in [0.15, 0.2) is 48.3 Å². The van der Waals surface area contributed by atoms with Gasteiger partial charge in [-0.05, 0) is 80.4 Å². The lowest BCUT2D eigenvalue weighted by Crippen LogP contribution is -2.44. The van der Waals surface area contributed by atoms with Gasteiger partial charge in [-0.2, -0.15) is 5.26 Å². The number of carbonyl (C=O) groups is 1. The highest BCUT2D eigenvalue weighted by molar-refractivity contribution is 6.02. The lowest BCUT2D eigenvalue weighted by atomic mass is 9.88. The lowest BCUT2D eigenvalue weighted by Gasteiger charge is -2.30. The van der Waals surface area contributed by atoms with Crippen LogP contribution < -0.4 is 5.32 Å². The van der Waals surface area contributed by atoms with Gasteiger partial charge >= 0.3 is 0 Å². The summed E-state index contributed by atoms with van der Waals surface area (Å²) in [5.41, 5.74) is 0.571. The van der Waals surface area contributed by atoms with Gasteiger partial charge in [-0.3, -0.25) is 9.78 Å². The Balaban J connectivity index is 1.55. The molecule has 2 fully saturated rings. The van der Waals surface area contributed by atoms with E-state index in [-0.39, 0.29) is 5.57 Å². The number of rotatable bonds is 4. The maximum Gasteiger partial charge on any atom is 0.262 e. The van der Waals surface area contributed by atoms with Gasteiger partial charge in [0.1, 0.15) is 22.9 Å². The number of aliphatic hydroxyl groups is 1. The Labute approximate surface area is 188 Å². The van der Waals surface area contributed by atoms with E-state index >= 15 is 0 Å². The number of amides is 1. The number of carbonyl (C=O) groups excluding carboxylic acids is 1. The molecule has 2 saturated carbocycles. The van der Waals surface area contributed by atoms with Crippen LogP contribution in [0, 0.1) is 23.2 Å². The smallest absolute Gasteiger partial charge is 0.262 e. The second-order valence-electron chi connectivity index (χ2n) is 8.59. The van der Waals surface area contributed by atoms with Crippen LogP contribution >= 0.6 is 0 Å². The molecule has 0 radical (unpaired) electrons. The molecule has 6 heteroatoms. The van der Waals surface area contributed by atoms with Crippen molar-refractivity contribution in [1.29, 1.82) is 5.26 Å². The van der Waals surface area contributed by atoms with Crippen LogP contribution in [0.3, 0.4) is 0 Å². The quantitative estimate of drug-likeness (QED) is 0.442. The summed E-state index contributed by atoms with van der Waals surface area (Å²) in [5, 5.41) is 23.2. The molecule has 0 bridgehead atoms. The van der Waals surface area contributed by atoms with Crippen LogP contribution in [0.25, 0.3) is 6.08 Å². The van der Waals surface area contributed by atoms with Gasteiger partial charge in [-0.15, -0.1) is 0 Å². The molecule has 6 nitrogen and oxygen atoms in total. The maximum absolute atomic E-state index is 13.0. The fourth-order valence-electron chi connectivity index (χ4n) is 4.58. The van der Waals surface area contributed by atoms with Crippen molar-refractivity contribution in [3.63, 3.8) is 0 Å². The summed E-state index contributed by atoms with van der Waals surface area (Å²) in [4.78, 5) is 21.6. The molecule has 2 aromatic heterocycles. The van der Waals surface area contributed by atoms with Crippen molar-refractivity contribution in [2.75, 3.05) is 0 Å². The summed E-state index contributed by atoms with van der Waals surface area (Å²) in [6, 6.07) is 11.1. The number of nitrogens with zero attached hydrogens (tertiary/aromatic N) is 3. The normalized spacial score (nSPS) is 18.9. The zero-order chi connectivity index (χ0) is 22.4. The fourth-order valence-corrected chi connectivity index (χ4v) is 4.58. The van der Waals surface area contributed by atoms with Crippen LogP contribution in [0.1, 0.15) is 68.3 Å². The fraction of sp³-hybridized carbons (Fsp3) is 0.385. The average molecular weight is 427 g/mol. The summed E-state index contributed by atoms with van der Waals surface area (Å²) in [6.07, 6.45) is 11.9. The molecule has 0 unspecified atom stereocenters. The number of aromatic nitrogens is 2. The predicted octanol–water partition coefficient (Wildman–Crippen LogP) is 3.63. The zero-order valence-corrected chi connectivity index (χ0v) is 18.0. The summed E-state index contributed by atoms with van der Waals surface area (Å²) >= 11 is 0. The van der Waals surface area contributed by atoms with Crippen LogP contribution in [0.2, 0.25) is 0 Å². The third kappa shape index (κ3) is 4.88. The number of nitriles is 1. The molecule has 2 aromatic rings. The second-order valence-corrected chi connectivity index (χ2v) is 8.59. The number of nitrogens with one attached hydrogen (secondary N) is 1. The van der Waals surface area contributed by atoms with Crippen molar-refractivity contribution in [2.45, 2.75) is 62.5 Å². The van der Waals surface area contributed by atoms with Crippen molar-refractivity contribution in [1.82, 2.24) is 15.3 Å². The second kappa shape index (κ2) is 9.34. The lowest BCUT2D eigenvalue weighted by molar-refractivity contribution is -0.119. The Bertz CT molecular complexity index is 1110. The molecule has 0 atom stereocenters. The Hall–Kier alpha value is -3.48. The maximum atomic E-state index is 13.0. The third-order valence-corrected chi connectivity index (χ3v) is 6.32. The molecule has 1 amide bonds. The standard InChI is InChI=1S/C26H26N4O2/c27-19-20(24(31)30-26(13-3-4-14-26)21-9-16-28-17-10-21)18-23-7-5-6-22(29-23)8-15-25(32)11-1-2-12-25/h5-7,9-10,16-18,32H,1-4,11-14H2,(H,30,31)/b20-18+. The predicted molar refractivity (Wildman–Crippen MR) is 121 cm³/mol. The highest BCUT2D eigenvalue weighted by Gasteiger charge is 2.37. The van der Waals surface area contributed by atoms with Gasteiger partial charge in [0.25, 0.3) is 5.91 Å². The molecule has 162 valence electrons. The molecule has 0 spiro atoms. The van der Waals surface area contributed by atoms with Gasteiger partial charge in [0.15, 0.2) is 0 Å². The van der Waals surface area contributed by atoms with Gasteiger partial charge in [0, 0.05) is 12.4 Å². The monoisotopic (exact) mass is 426 g/mol. The Morgan fingerprint density at radius 1 is 1.06 bits per heavy atom. The first-order chi connectivity index (χ1) is 15.5. The minimum atomic E-state index is -0.937. The number of pyridine rings is 2. The molecule has 2 heterocycles. The van der Waals surface area contributed by atoms with Crippen molar-refractivity contribution in [2.24, 2.45) is 0 Å². The van der Waals surface area contributed by atoms with Crippen LogP contribution in [-0.4, -0.2) is 26.6 Å². The number of hydrogen-bond acceptors (Lipinski definition) is 5. The SMILES string of the molecule is N#C/C(=C\c1cccc(C#CC2(O)CCCC2)n1)C(=O)NC1(c2ccncc2)CCCC1. The summed E-state index contributed by atoms with van der Waals surface area (Å²) in [5.74, 6) is 5.47. The molecule has 0 saturated heterocycles. The number of hydrogen-bond donors (Lipinski definition) is 2. The Morgan fingerprint density at radius 3 is 2.44 bits per heavy atom. The molecule has 2 aliphatic carbocycles. The minimum Gasteiger partial charge on any atom is -0.378 e. The van der Waals surface area contributed by atoms with Crippen molar-refractivity contribution in [3.8, 4) is 17.9 Å².